The summed E-state index contributed by atoms with van der Waals surface area (Å²) < 4.78 is 20.3. The van der Waals surface area contributed by atoms with E-state index in [9.17, 15) is 14.3 Å². The third kappa shape index (κ3) is 3.65. The molecule has 0 aliphatic carbocycles. The first-order chi connectivity index (χ1) is 15.5. The maximum absolute atomic E-state index is 13.6. The first-order valence-electron chi connectivity index (χ1n) is 10.4. The van der Waals surface area contributed by atoms with E-state index in [0.29, 0.717) is 54.0 Å². The molecule has 1 aromatic carbocycles. The molecule has 0 radical (unpaired) electrons. The number of hydrogen-bond donors (Lipinski definition) is 1. The molecule has 166 valence electrons. The van der Waals surface area contributed by atoms with Gasteiger partial charge in [0.2, 0.25) is 10.8 Å². The third-order valence-electron chi connectivity index (χ3n) is 5.69. The van der Waals surface area contributed by atoms with E-state index in [-0.39, 0.29) is 23.6 Å². The normalized spacial score (nSPS) is 16.0. The molecule has 32 heavy (non-hydrogen) atoms. The summed E-state index contributed by atoms with van der Waals surface area (Å²) in [6.45, 7) is 4.16. The first-order valence-corrected chi connectivity index (χ1v) is 11.3. The van der Waals surface area contributed by atoms with Crippen molar-refractivity contribution in [2.24, 2.45) is 0 Å². The number of fused-ring (bicyclic) bond motifs is 1. The summed E-state index contributed by atoms with van der Waals surface area (Å²) >= 11 is 1.37. The molecule has 4 heterocycles. The SMILES string of the molecule is CCc1nc2sc([C@@H](c3ccc(F)cc3)N3CCN(C(=O)c4ccco4)CC3)c(O)n2n1. The molecule has 1 aliphatic rings. The molecule has 0 unspecified atom stereocenters. The number of hydrogen-bond acceptors (Lipinski definition) is 7. The second kappa shape index (κ2) is 8.36. The van der Waals surface area contributed by atoms with Crippen LogP contribution in [0.15, 0.2) is 47.1 Å². The predicted molar refractivity (Wildman–Crippen MR) is 116 cm³/mol. The fraction of sp³-hybridized carbons (Fsp3) is 0.318. The van der Waals surface area contributed by atoms with E-state index in [1.54, 1.807) is 29.2 Å². The van der Waals surface area contributed by atoms with E-state index in [1.165, 1.54) is 34.2 Å². The molecule has 1 aliphatic heterocycles. The zero-order valence-electron chi connectivity index (χ0n) is 17.4. The molecular weight excluding hydrogens is 433 g/mol. The quantitative estimate of drug-likeness (QED) is 0.497. The van der Waals surface area contributed by atoms with Crippen LogP contribution in [-0.2, 0) is 6.42 Å². The summed E-state index contributed by atoms with van der Waals surface area (Å²) in [5, 5.41) is 15.3. The Morgan fingerprint density at radius 2 is 1.97 bits per heavy atom. The molecule has 0 bridgehead atoms. The van der Waals surface area contributed by atoms with E-state index in [1.807, 2.05) is 6.92 Å². The molecule has 1 amide bonds. The smallest absolute Gasteiger partial charge is 0.289 e. The largest absolute Gasteiger partial charge is 0.492 e. The number of carbonyl (C=O) groups excluding carboxylic acids is 1. The molecule has 1 N–H and O–H groups in total. The zero-order valence-corrected chi connectivity index (χ0v) is 18.3. The van der Waals surface area contributed by atoms with E-state index < -0.39 is 0 Å². The highest BCUT2D eigenvalue weighted by Gasteiger charge is 2.33. The maximum atomic E-state index is 13.6. The van der Waals surface area contributed by atoms with Crippen LogP contribution in [0.5, 0.6) is 5.88 Å². The minimum atomic E-state index is -0.319. The molecule has 1 fully saturated rings. The number of thiazole rings is 1. The lowest BCUT2D eigenvalue weighted by Crippen LogP contribution is -2.49. The average molecular weight is 456 g/mol. The van der Waals surface area contributed by atoms with Gasteiger partial charge in [0.15, 0.2) is 11.6 Å². The third-order valence-corrected chi connectivity index (χ3v) is 6.77. The van der Waals surface area contributed by atoms with Crippen molar-refractivity contribution in [1.29, 1.82) is 0 Å². The molecular formula is C22H22FN5O3S. The van der Waals surface area contributed by atoms with Gasteiger partial charge >= 0.3 is 0 Å². The highest BCUT2D eigenvalue weighted by Crippen LogP contribution is 2.40. The van der Waals surface area contributed by atoms with Gasteiger partial charge in [0.05, 0.1) is 17.2 Å². The maximum Gasteiger partial charge on any atom is 0.289 e. The Morgan fingerprint density at radius 1 is 1.22 bits per heavy atom. The van der Waals surface area contributed by atoms with Crippen LogP contribution in [-0.4, -0.2) is 61.6 Å². The van der Waals surface area contributed by atoms with Gasteiger partial charge in [-0.15, -0.1) is 5.10 Å². The van der Waals surface area contributed by atoms with Crippen molar-refractivity contribution < 1.29 is 18.7 Å². The molecule has 10 heteroatoms. The van der Waals surface area contributed by atoms with Crippen molar-refractivity contribution in [3.63, 3.8) is 0 Å². The van der Waals surface area contributed by atoms with Gasteiger partial charge in [0.25, 0.3) is 5.91 Å². The van der Waals surface area contributed by atoms with Crippen LogP contribution in [0.3, 0.4) is 0 Å². The molecule has 0 saturated carbocycles. The van der Waals surface area contributed by atoms with Crippen molar-refractivity contribution in [1.82, 2.24) is 24.4 Å². The van der Waals surface area contributed by atoms with Crippen molar-refractivity contribution in [2.75, 3.05) is 26.2 Å². The van der Waals surface area contributed by atoms with Gasteiger partial charge in [0, 0.05) is 32.6 Å². The van der Waals surface area contributed by atoms with Crippen LogP contribution in [0.4, 0.5) is 4.39 Å². The highest BCUT2D eigenvalue weighted by atomic mass is 32.1. The van der Waals surface area contributed by atoms with Crippen LogP contribution in [0, 0.1) is 5.82 Å². The average Bonchev–Trinajstić information content (AvgIpc) is 3.54. The molecule has 3 aromatic heterocycles. The fourth-order valence-electron chi connectivity index (χ4n) is 4.03. The molecule has 4 aromatic rings. The minimum absolute atomic E-state index is 0.0422. The molecule has 1 atom stereocenters. The number of rotatable bonds is 5. The van der Waals surface area contributed by atoms with Crippen LogP contribution in [0.2, 0.25) is 0 Å². The summed E-state index contributed by atoms with van der Waals surface area (Å²) in [6, 6.07) is 9.34. The number of aromatic hydroxyl groups is 1. The second-order valence-corrected chi connectivity index (χ2v) is 8.63. The van der Waals surface area contributed by atoms with Gasteiger partial charge in [-0.2, -0.15) is 4.52 Å². The van der Waals surface area contributed by atoms with E-state index in [2.05, 4.69) is 15.0 Å². The number of halogens is 1. The summed E-state index contributed by atoms with van der Waals surface area (Å²) in [4.78, 5) is 22.4. The Balaban J connectivity index is 1.45. The van der Waals surface area contributed by atoms with Crippen molar-refractivity contribution in [2.45, 2.75) is 19.4 Å². The number of piperazine rings is 1. The van der Waals surface area contributed by atoms with Gasteiger partial charge in [-0.3, -0.25) is 9.69 Å². The van der Waals surface area contributed by atoms with Crippen LogP contribution in [0.25, 0.3) is 4.96 Å². The lowest BCUT2D eigenvalue weighted by Gasteiger charge is -2.38. The predicted octanol–water partition coefficient (Wildman–Crippen LogP) is 3.34. The lowest BCUT2D eigenvalue weighted by molar-refractivity contribution is 0.0568. The topological polar surface area (TPSA) is 87.1 Å². The lowest BCUT2D eigenvalue weighted by atomic mass is 10.0. The number of carbonyl (C=O) groups is 1. The number of aryl methyl sites for hydroxylation is 1. The molecule has 1 saturated heterocycles. The number of aromatic nitrogens is 3. The number of benzene rings is 1. The Kier molecular flexibility index (Phi) is 5.40. The highest BCUT2D eigenvalue weighted by molar-refractivity contribution is 7.17. The zero-order chi connectivity index (χ0) is 22.2. The Bertz CT molecular complexity index is 1230. The van der Waals surface area contributed by atoms with E-state index in [0.717, 1.165) is 5.56 Å². The Hall–Kier alpha value is -3.24. The second-order valence-electron chi connectivity index (χ2n) is 7.63. The fourth-order valence-corrected chi connectivity index (χ4v) is 5.17. The summed E-state index contributed by atoms with van der Waals surface area (Å²) in [7, 11) is 0. The summed E-state index contributed by atoms with van der Waals surface area (Å²) in [5.74, 6) is 0.577. The molecule has 8 nitrogen and oxygen atoms in total. The minimum Gasteiger partial charge on any atom is -0.492 e. The van der Waals surface area contributed by atoms with Crippen molar-refractivity contribution >= 4 is 22.2 Å². The van der Waals surface area contributed by atoms with Crippen LogP contribution >= 0.6 is 11.3 Å². The molecule has 5 rings (SSSR count). The van der Waals surface area contributed by atoms with Gasteiger partial charge in [0.1, 0.15) is 5.82 Å². The number of amides is 1. The van der Waals surface area contributed by atoms with Gasteiger partial charge in [-0.25, -0.2) is 9.37 Å². The summed E-state index contributed by atoms with van der Waals surface area (Å²) in [6.07, 6.45) is 2.16. The van der Waals surface area contributed by atoms with Crippen LogP contribution < -0.4 is 0 Å². The monoisotopic (exact) mass is 455 g/mol. The van der Waals surface area contributed by atoms with Crippen molar-refractivity contribution in [3.05, 3.63) is 70.5 Å². The van der Waals surface area contributed by atoms with Gasteiger partial charge in [-0.05, 0) is 29.8 Å². The van der Waals surface area contributed by atoms with Crippen molar-refractivity contribution in [3.8, 4) is 5.88 Å². The Morgan fingerprint density at radius 3 is 2.59 bits per heavy atom. The standard InChI is InChI=1S/C22H22FN5O3S/c1-2-17-24-22-28(25-17)21(30)19(32-22)18(14-5-7-15(23)8-6-14)26-9-11-27(12-10-26)20(29)16-4-3-13-31-16/h3-8,13,18,30H,2,9-12H2,1H3/t18-/m1/s1. The Labute approximate surface area is 187 Å². The molecule has 0 spiro atoms. The first kappa shape index (κ1) is 20.7. The van der Waals surface area contributed by atoms with E-state index in [4.69, 9.17) is 4.42 Å². The summed E-state index contributed by atoms with van der Waals surface area (Å²) in [5.41, 5.74) is 0.854. The van der Waals surface area contributed by atoms with E-state index >= 15 is 0 Å². The number of nitrogens with zero attached hydrogens (tertiary/aromatic N) is 5. The van der Waals surface area contributed by atoms with Gasteiger partial charge < -0.3 is 14.4 Å². The van der Waals surface area contributed by atoms with Gasteiger partial charge in [-0.1, -0.05) is 30.4 Å². The number of furan rings is 1. The van der Waals surface area contributed by atoms with Crippen LogP contribution in [0.1, 0.15) is 39.8 Å².